The summed E-state index contributed by atoms with van der Waals surface area (Å²) in [5.41, 5.74) is 1.75. The summed E-state index contributed by atoms with van der Waals surface area (Å²) in [5, 5.41) is 1.58. The van der Waals surface area contributed by atoms with Crippen molar-refractivity contribution < 1.29 is 0 Å². The highest BCUT2D eigenvalue weighted by Crippen LogP contribution is 2.35. The summed E-state index contributed by atoms with van der Waals surface area (Å²) < 4.78 is 0. The minimum absolute atomic E-state index is 0.423. The monoisotopic (exact) mass is 462 g/mol. The maximum absolute atomic E-state index is 2.40. The van der Waals surface area contributed by atoms with Gasteiger partial charge in [-0.1, -0.05) is 83.1 Å². The van der Waals surface area contributed by atoms with Crippen molar-refractivity contribution in [3.8, 4) is 0 Å². The molecule has 0 aromatic heterocycles. The standard InChI is InChI=1S/C26H54S3/c1-23(2,3)13-15-28-21(17-25(7,8)9)19-27-20-22(18-26(10,11)12)29-16-14-24(4,5)6/h21-22H,13-20H2,1-12H3. The fourth-order valence-electron chi connectivity index (χ4n) is 3.09. The summed E-state index contributed by atoms with van der Waals surface area (Å²) in [7, 11) is 0. The molecule has 0 aromatic carbocycles. The topological polar surface area (TPSA) is 0 Å². The summed E-state index contributed by atoms with van der Waals surface area (Å²) in [5.74, 6) is 5.23. The molecule has 0 saturated heterocycles. The van der Waals surface area contributed by atoms with Gasteiger partial charge >= 0.3 is 0 Å². The largest absolute Gasteiger partial charge is 0.160 e. The maximum Gasteiger partial charge on any atom is 0.0143 e. The Kier molecular flexibility index (Phi) is 13.4. The Morgan fingerprint density at radius 2 is 0.793 bits per heavy atom. The summed E-state index contributed by atoms with van der Waals surface area (Å²) >= 11 is 6.69. The van der Waals surface area contributed by atoms with Crippen LogP contribution in [0.15, 0.2) is 0 Å². The van der Waals surface area contributed by atoms with Crippen LogP contribution < -0.4 is 0 Å². The third kappa shape index (κ3) is 22.0. The van der Waals surface area contributed by atoms with Crippen molar-refractivity contribution in [1.82, 2.24) is 0 Å². The summed E-state index contributed by atoms with van der Waals surface area (Å²) in [4.78, 5) is 0. The van der Waals surface area contributed by atoms with Gasteiger partial charge in [-0.2, -0.15) is 35.3 Å². The lowest BCUT2D eigenvalue weighted by molar-refractivity contribution is 0.377. The Balaban J connectivity index is 4.67. The van der Waals surface area contributed by atoms with Gasteiger partial charge in [0.1, 0.15) is 0 Å². The number of hydrogen-bond acceptors (Lipinski definition) is 3. The summed E-state index contributed by atoms with van der Waals surface area (Å²) in [6.45, 7) is 28.6. The first kappa shape index (κ1) is 30.0. The van der Waals surface area contributed by atoms with Crippen molar-refractivity contribution in [1.29, 1.82) is 0 Å². The smallest absolute Gasteiger partial charge is 0.0143 e. The lowest BCUT2D eigenvalue weighted by Crippen LogP contribution is -2.22. The second-order valence-electron chi connectivity index (χ2n) is 13.7. The van der Waals surface area contributed by atoms with Gasteiger partial charge in [0.15, 0.2) is 0 Å². The fourth-order valence-corrected chi connectivity index (χ4v) is 8.70. The molecule has 0 bridgehead atoms. The highest BCUT2D eigenvalue weighted by Gasteiger charge is 2.23. The van der Waals surface area contributed by atoms with Gasteiger partial charge in [0, 0.05) is 22.0 Å². The molecule has 0 N–H and O–H groups in total. The molecule has 0 nitrogen and oxygen atoms in total. The molecule has 0 heterocycles. The Morgan fingerprint density at radius 1 is 0.483 bits per heavy atom. The van der Waals surface area contributed by atoms with E-state index in [0.717, 1.165) is 10.5 Å². The van der Waals surface area contributed by atoms with Crippen LogP contribution in [0.25, 0.3) is 0 Å². The van der Waals surface area contributed by atoms with E-state index in [4.69, 9.17) is 0 Å². The van der Waals surface area contributed by atoms with E-state index in [1.54, 1.807) is 0 Å². The van der Waals surface area contributed by atoms with Crippen molar-refractivity contribution in [2.45, 2.75) is 119 Å². The molecule has 2 unspecified atom stereocenters. The van der Waals surface area contributed by atoms with Crippen LogP contribution in [0.3, 0.4) is 0 Å². The fraction of sp³-hybridized carbons (Fsp3) is 1.00. The minimum Gasteiger partial charge on any atom is -0.160 e. The average molecular weight is 463 g/mol. The predicted molar refractivity (Wildman–Crippen MR) is 146 cm³/mol. The van der Waals surface area contributed by atoms with Crippen molar-refractivity contribution in [3.63, 3.8) is 0 Å². The molecule has 2 atom stereocenters. The number of rotatable bonds is 12. The van der Waals surface area contributed by atoms with Crippen LogP contribution in [0.4, 0.5) is 0 Å². The second kappa shape index (κ2) is 12.9. The normalized spacial score (nSPS) is 16.1. The van der Waals surface area contributed by atoms with E-state index in [-0.39, 0.29) is 0 Å². The van der Waals surface area contributed by atoms with Crippen molar-refractivity contribution in [2.75, 3.05) is 23.0 Å². The Hall–Kier alpha value is 1.05. The van der Waals surface area contributed by atoms with Gasteiger partial charge in [0.2, 0.25) is 0 Å². The van der Waals surface area contributed by atoms with Gasteiger partial charge in [0.25, 0.3) is 0 Å². The van der Waals surface area contributed by atoms with Gasteiger partial charge in [-0.15, -0.1) is 0 Å². The van der Waals surface area contributed by atoms with Crippen molar-refractivity contribution in [3.05, 3.63) is 0 Å². The Labute approximate surface area is 198 Å². The highest BCUT2D eigenvalue weighted by atomic mass is 32.2. The molecule has 0 spiro atoms. The number of thioether (sulfide) groups is 3. The first-order valence-corrected chi connectivity index (χ1v) is 14.9. The van der Waals surface area contributed by atoms with Crippen LogP contribution in [-0.4, -0.2) is 33.5 Å². The molecule has 0 aliphatic carbocycles. The highest BCUT2D eigenvalue weighted by molar-refractivity contribution is 8.05. The van der Waals surface area contributed by atoms with Crippen LogP contribution in [0.5, 0.6) is 0 Å². The van der Waals surface area contributed by atoms with Gasteiger partial charge in [-0.3, -0.25) is 0 Å². The van der Waals surface area contributed by atoms with Crippen LogP contribution in [-0.2, 0) is 0 Å². The predicted octanol–water partition coefficient (Wildman–Crippen LogP) is 9.67. The Bertz CT molecular complexity index is 375. The zero-order chi connectivity index (χ0) is 22.9. The van der Waals surface area contributed by atoms with Crippen LogP contribution in [0.2, 0.25) is 0 Å². The lowest BCUT2D eigenvalue weighted by Gasteiger charge is -2.29. The van der Waals surface area contributed by atoms with Crippen molar-refractivity contribution >= 4 is 35.3 Å². The van der Waals surface area contributed by atoms with E-state index >= 15 is 0 Å². The zero-order valence-electron chi connectivity index (χ0n) is 22.0. The van der Waals surface area contributed by atoms with Crippen LogP contribution in [0, 0.1) is 21.7 Å². The molecule has 0 aliphatic rings. The van der Waals surface area contributed by atoms with E-state index in [0.29, 0.717) is 21.7 Å². The van der Waals surface area contributed by atoms with Gasteiger partial charge < -0.3 is 0 Å². The van der Waals surface area contributed by atoms with E-state index in [9.17, 15) is 0 Å². The molecular formula is C26H54S3. The number of hydrogen-bond donors (Lipinski definition) is 0. The third-order valence-corrected chi connectivity index (χ3v) is 8.89. The van der Waals surface area contributed by atoms with E-state index in [1.807, 2.05) is 0 Å². The molecule has 29 heavy (non-hydrogen) atoms. The van der Waals surface area contributed by atoms with Gasteiger partial charge in [0.05, 0.1) is 0 Å². The molecule has 0 fully saturated rings. The molecule has 0 aliphatic heterocycles. The molecular weight excluding hydrogens is 408 g/mol. The van der Waals surface area contributed by atoms with E-state index in [1.165, 1.54) is 48.7 Å². The molecule has 176 valence electrons. The first-order chi connectivity index (χ1) is 12.9. The summed E-state index contributed by atoms with van der Waals surface area (Å²) in [6.07, 6.45) is 5.29. The molecule has 0 rings (SSSR count). The zero-order valence-corrected chi connectivity index (χ0v) is 24.5. The lowest BCUT2D eigenvalue weighted by atomic mass is 9.91. The van der Waals surface area contributed by atoms with Crippen molar-refractivity contribution in [2.24, 2.45) is 21.7 Å². The molecule has 0 radical (unpaired) electrons. The maximum atomic E-state index is 2.40. The average Bonchev–Trinajstić information content (AvgIpc) is 2.40. The molecule has 0 saturated carbocycles. The minimum atomic E-state index is 0.423. The van der Waals surface area contributed by atoms with Gasteiger partial charge in [-0.25, -0.2) is 0 Å². The Morgan fingerprint density at radius 3 is 1.03 bits per heavy atom. The van der Waals surface area contributed by atoms with Crippen LogP contribution in [0.1, 0.15) is 109 Å². The van der Waals surface area contributed by atoms with E-state index < -0.39 is 0 Å². The third-order valence-electron chi connectivity index (χ3n) is 4.70. The van der Waals surface area contributed by atoms with E-state index in [2.05, 4.69) is 118 Å². The molecule has 0 amide bonds. The van der Waals surface area contributed by atoms with Crippen LogP contribution >= 0.6 is 35.3 Å². The molecule has 0 aromatic rings. The first-order valence-electron chi connectivity index (χ1n) is 11.7. The second-order valence-corrected chi connectivity index (χ2v) is 17.6. The SMILES string of the molecule is CC(C)(C)CCSC(CSCC(CC(C)(C)C)SCCC(C)(C)C)CC(C)(C)C. The summed E-state index contributed by atoms with van der Waals surface area (Å²) in [6, 6.07) is 0. The quantitative estimate of drug-likeness (QED) is 0.283. The van der Waals surface area contributed by atoms with Gasteiger partial charge in [-0.05, 0) is 58.8 Å². The molecule has 3 heteroatoms.